The quantitative estimate of drug-likeness (QED) is 0.595. The normalized spacial score (nSPS) is 12.9. The Bertz CT molecular complexity index is 443. The minimum Gasteiger partial charge on any atom is -0.497 e. The third-order valence-electron chi connectivity index (χ3n) is 2.14. The van der Waals surface area contributed by atoms with Crippen LogP contribution in [0.4, 0.5) is 0 Å². The van der Waals surface area contributed by atoms with Gasteiger partial charge in [0.25, 0.3) is 0 Å². The monoisotopic (exact) mass is 235 g/mol. The predicted molar refractivity (Wildman–Crippen MR) is 66.4 cm³/mol. The van der Waals surface area contributed by atoms with E-state index in [2.05, 4.69) is 0 Å². The van der Waals surface area contributed by atoms with Gasteiger partial charge in [0.1, 0.15) is 5.75 Å². The summed E-state index contributed by atoms with van der Waals surface area (Å²) >= 11 is 0. The van der Waals surface area contributed by atoms with Crippen LogP contribution in [0.25, 0.3) is 5.57 Å². The Balaban J connectivity index is 2.98. The summed E-state index contributed by atoms with van der Waals surface area (Å²) in [4.78, 5) is 0. The molecule has 0 heterocycles. The first-order valence-corrected chi connectivity index (χ1v) is 7.01. The maximum Gasteiger partial charge on any atom is 0.118 e. The van der Waals surface area contributed by atoms with Crippen LogP contribution in [0.15, 0.2) is 30.3 Å². The van der Waals surface area contributed by atoms with Gasteiger partial charge in [-0.25, -0.2) is 0 Å². The standard InChI is InChI=1S/C12H14NO2P/c1-15-12-5-3-10(4-6-12)11(7-8-13)9-16(2)14/h3-7,16H,9H2,1-2H3/b11-7-. The Morgan fingerprint density at radius 2 is 2.12 bits per heavy atom. The van der Waals surface area contributed by atoms with Crippen molar-refractivity contribution in [3.05, 3.63) is 35.9 Å². The van der Waals surface area contributed by atoms with Crippen LogP contribution in [0.3, 0.4) is 0 Å². The number of nitrogens with zero attached hydrogens (tertiary/aromatic N) is 1. The molecule has 1 aromatic carbocycles. The topological polar surface area (TPSA) is 50.1 Å². The Hall–Kier alpha value is -1.52. The number of methoxy groups -OCH3 is 1. The number of ether oxygens (including phenoxy) is 1. The molecule has 0 saturated heterocycles. The lowest BCUT2D eigenvalue weighted by Gasteiger charge is -2.06. The van der Waals surface area contributed by atoms with E-state index in [1.54, 1.807) is 13.8 Å². The van der Waals surface area contributed by atoms with Crippen molar-refractivity contribution >= 4 is 13.4 Å². The van der Waals surface area contributed by atoms with Crippen LogP contribution >= 0.6 is 7.80 Å². The highest BCUT2D eigenvalue weighted by molar-refractivity contribution is 7.44. The second-order valence-corrected chi connectivity index (χ2v) is 5.16. The van der Waals surface area contributed by atoms with E-state index >= 15 is 0 Å². The van der Waals surface area contributed by atoms with E-state index in [-0.39, 0.29) is 0 Å². The van der Waals surface area contributed by atoms with Gasteiger partial charge in [0.05, 0.1) is 21.0 Å². The van der Waals surface area contributed by atoms with Gasteiger partial charge < -0.3 is 9.30 Å². The summed E-state index contributed by atoms with van der Waals surface area (Å²) in [6.45, 7) is 1.69. The number of benzene rings is 1. The highest BCUT2D eigenvalue weighted by atomic mass is 31.1. The number of rotatable bonds is 4. The Kier molecular flexibility index (Phi) is 4.82. The Morgan fingerprint density at radius 1 is 1.50 bits per heavy atom. The molecule has 0 radical (unpaired) electrons. The molecule has 0 fully saturated rings. The predicted octanol–water partition coefficient (Wildman–Crippen LogP) is 2.79. The van der Waals surface area contributed by atoms with E-state index in [9.17, 15) is 4.57 Å². The lowest BCUT2D eigenvalue weighted by Crippen LogP contribution is -1.89. The molecule has 84 valence electrons. The highest BCUT2D eigenvalue weighted by Crippen LogP contribution is 2.26. The molecule has 0 amide bonds. The molecule has 0 aromatic heterocycles. The van der Waals surface area contributed by atoms with Gasteiger partial charge in [0.2, 0.25) is 0 Å². The van der Waals surface area contributed by atoms with Crippen LogP contribution in [-0.2, 0) is 4.57 Å². The van der Waals surface area contributed by atoms with Crippen LogP contribution in [0, 0.1) is 11.3 Å². The molecule has 1 unspecified atom stereocenters. The average molecular weight is 235 g/mol. The summed E-state index contributed by atoms with van der Waals surface area (Å²) in [6.07, 6.45) is 1.92. The molecular weight excluding hydrogens is 221 g/mol. The van der Waals surface area contributed by atoms with Crippen molar-refractivity contribution in [3.63, 3.8) is 0 Å². The summed E-state index contributed by atoms with van der Waals surface area (Å²) in [5.74, 6) is 0.768. The zero-order chi connectivity index (χ0) is 12.0. The van der Waals surface area contributed by atoms with Gasteiger partial charge >= 0.3 is 0 Å². The summed E-state index contributed by atoms with van der Waals surface area (Å²) in [7, 11) is -0.0155. The van der Waals surface area contributed by atoms with Gasteiger partial charge in [-0.05, 0) is 29.9 Å². The average Bonchev–Trinajstić information content (AvgIpc) is 2.28. The van der Waals surface area contributed by atoms with Crippen molar-refractivity contribution in [1.29, 1.82) is 5.26 Å². The molecule has 0 aliphatic heterocycles. The Morgan fingerprint density at radius 3 is 2.56 bits per heavy atom. The molecule has 0 aliphatic carbocycles. The first kappa shape index (κ1) is 12.5. The van der Waals surface area contributed by atoms with Crippen molar-refractivity contribution in [1.82, 2.24) is 0 Å². The molecule has 3 nitrogen and oxygen atoms in total. The number of allylic oxidation sites excluding steroid dienone is 2. The summed E-state index contributed by atoms with van der Waals surface area (Å²) < 4.78 is 16.3. The van der Waals surface area contributed by atoms with E-state index in [0.717, 1.165) is 16.9 Å². The zero-order valence-electron chi connectivity index (χ0n) is 9.36. The number of hydrogen-bond acceptors (Lipinski definition) is 3. The molecule has 1 aromatic rings. The van der Waals surface area contributed by atoms with Crippen molar-refractivity contribution in [3.8, 4) is 11.8 Å². The van der Waals surface area contributed by atoms with E-state index in [1.807, 2.05) is 30.3 Å². The van der Waals surface area contributed by atoms with Gasteiger partial charge in [-0.1, -0.05) is 12.1 Å². The molecular formula is C12H14NO2P. The fourth-order valence-electron chi connectivity index (χ4n) is 1.39. The van der Waals surface area contributed by atoms with Crippen molar-refractivity contribution in [2.75, 3.05) is 19.9 Å². The van der Waals surface area contributed by atoms with E-state index < -0.39 is 7.80 Å². The van der Waals surface area contributed by atoms with Crippen LogP contribution in [0.2, 0.25) is 0 Å². The van der Waals surface area contributed by atoms with E-state index in [4.69, 9.17) is 10.00 Å². The van der Waals surface area contributed by atoms with Gasteiger partial charge in [0, 0.05) is 12.2 Å². The smallest absolute Gasteiger partial charge is 0.118 e. The van der Waals surface area contributed by atoms with Crippen LogP contribution < -0.4 is 4.74 Å². The first-order chi connectivity index (χ1) is 7.67. The largest absolute Gasteiger partial charge is 0.497 e. The van der Waals surface area contributed by atoms with Crippen LogP contribution in [0.5, 0.6) is 5.75 Å². The minimum absolute atomic E-state index is 0.463. The van der Waals surface area contributed by atoms with E-state index in [0.29, 0.717) is 6.16 Å². The molecule has 0 saturated carbocycles. The lowest BCUT2D eigenvalue weighted by atomic mass is 10.1. The summed E-state index contributed by atoms with van der Waals surface area (Å²) in [5, 5.41) is 8.67. The fraction of sp³-hybridized carbons (Fsp3) is 0.250. The summed E-state index contributed by atoms with van der Waals surface area (Å²) in [6, 6.07) is 9.37. The molecule has 0 bridgehead atoms. The van der Waals surface area contributed by atoms with Gasteiger partial charge in [0.15, 0.2) is 0 Å². The molecule has 1 rings (SSSR count). The SMILES string of the molecule is COc1ccc(/C(=C\C#N)C[PH](C)=O)cc1. The third-order valence-corrected chi connectivity index (χ3v) is 3.02. The van der Waals surface area contributed by atoms with Crippen molar-refractivity contribution < 1.29 is 9.30 Å². The Labute approximate surface area is 96.1 Å². The van der Waals surface area contributed by atoms with Crippen LogP contribution in [0.1, 0.15) is 5.56 Å². The zero-order valence-corrected chi connectivity index (χ0v) is 10.4. The second kappa shape index (κ2) is 6.15. The molecule has 0 spiro atoms. The third kappa shape index (κ3) is 3.56. The molecule has 1 atom stereocenters. The number of hydrogen-bond donors (Lipinski definition) is 0. The van der Waals surface area contributed by atoms with Gasteiger partial charge in [-0.15, -0.1) is 0 Å². The first-order valence-electron chi connectivity index (χ1n) is 4.90. The highest BCUT2D eigenvalue weighted by Gasteiger charge is 2.04. The maximum atomic E-state index is 11.2. The molecule has 4 heteroatoms. The molecule has 16 heavy (non-hydrogen) atoms. The second-order valence-electron chi connectivity index (χ2n) is 3.41. The number of nitriles is 1. The van der Waals surface area contributed by atoms with Crippen molar-refractivity contribution in [2.45, 2.75) is 0 Å². The van der Waals surface area contributed by atoms with Gasteiger partial charge in [-0.2, -0.15) is 5.26 Å². The van der Waals surface area contributed by atoms with Crippen LogP contribution in [-0.4, -0.2) is 19.9 Å². The lowest BCUT2D eigenvalue weighted by molar-refractivity contribution is 0.415. The van der Waals surface area contributed by atoms with Gasteiger partial charge in [-0.3, -0.25) is 0 Å². The molecule has 0 N–H and O–H groups in total. The minimum atomic E-state index is -1.62. The maximum absolute atomic E-state index is 11.2. The van der Waals surface area contributed by atoms with Crippen molar-refractivity contribution in [2.24, 2.45) is 0 Å². The summed E-state index contributed by atoms with van der Waals surface area (Å²) in [5.41, 5.74) is 1.74. The fourth-order valence-corrected chi connectivity index (χ4v) is 2.23. The molecule has 0 aliphatic rings. The van der Waals surface area contributed by atoms with E-state index in [1.165, 1.54) is 6.08 Å².